The summed E-state index contributed by atoms with van der Waals surface area (Å²) in [5.41, 5.74) is 0. The lowest BCUT2D eigenvalue weighted by molar-refractivity contribution is -0.870. The van der Waals surface area contributed by atoms with E-state index in [9.17, 15) is 19.4 Å². The zero-order valence-corrected chi connectivity index (χ0v) is 39.9. The Morgan fingerprint density at radius 3 is 1.49 bits per heavy atom. The van der Waals surface area contributed by atoms with Crippen LogP contribution < -0.4 is 5.32 Å². The molecule has 8 nitrogen and oxygen atoms in total. The predicted octanol–water partition coefficient (Wildman–Crippen LogP) is 13.8. The Balaban J connectivity index is 4.31. The molecule has 9 heteroatoms. The Bertz CT molecular complexity index is 1140. The number of phosphoric acid groups is 1. The zero-order valence-electron chi connectivity index (χ0n) is 39.0. The van der Waals surface area contributed by atoms with Crippen molar-refractivity contribution in [3.8, 4) is 0 Å². The number of carbonyl (C=O) groups is 1. The fraction of sp³-hybridized carbons (Fsp3) is 0.780. The van der Waals surface area contributed by atoms with Crippen molar-refractivity contribution in [1.29, 1.82) is 0 Å². The number of aliphatic hydroxyl groups is 1. The quantitative estimate of drug-likeness (QED) is 0.0244. The molecule has 0 spiro atoms. The zero-order chi connectivity index (χ0) is 43.6. The van der Waals surface area contributed by atoms with Crippen LogP contribution in [0.5, 0.6) is 0 Å². The number of likely N-dealkylation sites (N-methyl/N-ethyl adjacent to an activating group) is 1. The highest BCUT2D eigenvalue weighted by atomic mass is 31.2. The Morgan fingerprint density at radius 2 is 1.02 bits per heavy atom. The molecule has 0 aliphatic heterocycles. The number of allylic oxidation sites excluding steroid dienone is 10. The van der Waals surface area contributed by atoms with Gasteiger partial charge in [0.15, 0.2) is 0 Å². The summed E-state index contributed by atoms with van der Waals surface area (Å²) in [6, 6.07) is -0.769. The first-order chi connectivity index (χ1) is 28.5. The summed E-state index contributed by atoms with van der Waals surface area (Å²) in [5.74, 6) is -0.158. The second kappa shape index (κ2) is 41.5. The van der Waals surface area contributed by atoms with E-state index in [0.717, 1.165) is 77.0 Å². The van der Waals surface area contributed by atoms with Gasteiger partial charge in [-0.3, -0.25) is 13.8 Å². The molecule has 0 aliphatic rings. The fourth-order valence-corrected chi connectivity index (χ4v) is 7.46. The molecular weight excluding hydrogens is 756 g/mol. The Hall–Kier alpha value is -1.80. The minimum atomic E-state index is -4.32. The Kier molecular flexibility index (Phi) is 40.3. The summed E-state index contributed by atoms with van der Waals surface area (Å²) in [5, 5.41) is 14.0. The lowest BCUT2D eigenvalue weighted by Crippen LogP contribution is -2.46. The second-order valence-electron chi connectivity index (χ2n) is 17.5. The van der Waals surface area contributed by atoms with Crippen molar-refractivity contribution >= 4 is 13.7 Å². The van der Waals surface area contributed by atoms with Crippen molar-refractivity contribution in [3.63, 3.8) is 0 Å². The van der Waals surface area contributed by atoms with E-state index < -0.39 is 20.0 Å². The number of phosphoric ester groups is 1. The third kappa shape index (κ3) is 44.1. The van der Waals surface area contributed by atoms with Gasteiger partial charge >= 0.3 is 7.82 Å². The van der Waals surface area contributed by atoms with Gasteiger partial charge in [-0.15, -0.1) is 0 Å². The second-order valence-corrected chi connectivity index (χ2v) is 18.9. The maximum absolute atomic E-state index is 12.9. The third-order valence-corrected chi connectivity index (χ3v) is 11.5. The number of quaternary nitrogens is 1. The summed E-state index contributed by atoms with van der Waals surface area (Å²) in [6.45, 7) is 4.76. The number of rotatable bonds is 43. The van der Waals surface area contributed by atoms with E-state index in [2.05, 4.69) is 79.9 Å². The summed E-state index contributed by atoms with van der Waals surface area (Å²) in [4.78, 5) is 23.2. The SMILES string of the molecule is CC/C=C\C/C=C\C/C=C\C/C=C\C/C=C\CCCCCCCCCC(=O)NC(COP(=O)(O)OCC[N+](C)(C)C)C(O)CCCCCCCCCCCCCCCC. The maximum Gasteiger partial charge on any atom is 0.472 e. The summed E-state index contributed by atoms with van der Waals surface area (Å²) in [7, 11) is 1.60. The smallest absolute Gasteiger partial charge is 0.391 e. The van der Waals surface area contributed by atoms with Crippen molar-refractivity contribution < 1.29 is 32.9 Å². The summed E-state index contributed by atoms with van der Waals surface area (Å²) >= 11 is 0. The van der Waals surface area contributed by atoms with Crippen LogP contribution >= 0.6 is 7.82 Å². The Labute approximate surface area is 364 Å². The van der Waals surface area contributed by atoms with Crippen LogP contribution in [0.25, 0.3) is 0 Å². The molecule has 3 unspecified atom stereocenters. The van der Waals surface area contributed by atoms with Crippen LogP contribution in [0.4, 0.5) is 0 Å². The molecule has 0 aromatic rings. The number of nitrogens with zero attached hydrogens (tertiary/aromatic N) is 1. The molecule has 0 aromatic heterocycles. The normalized spacial score (nSPS) is 14.8. The van der Waals surface area contributed by atoms with E-state index in [0.29, 0.717) is 23.9 Å². The van der Waals surface area contributed by atoms with Crippen molar-refractivity contribution in [3.05, 3.63) is 60.8 Å². The molecule has 3 atom stereocenters. The largest absolute Gasteiger partial charge is 0.472 e. The monoisotopic (exact) mass is 850 g/mol. The first-order valence-corrected chi connectivity index (χ1v) is 25.6. The van der Waals surface area contributed by atoms with E-state index in [1.54, 1.807) is 0 Å². The molecule has 0 bridgehead atoms. The minimum Gasteiger partial charge on any atom is -0.391 e. The van der Waals surface area contributed by atoms with Crippen LogP contribution in [0.1, 0.15) is 200 Å². The van der Waals surface area contributed by atoms with Crippen LogP contribution in [-0.4, -0.2) is 73.4 Å². The van der Waals surface area contributed by atoms with Crippen LogP contribution in [0.3, 0.4) is 0 Å². The van der Waals surface area contributed by atoms with Crippen molar-refractivity contribution in [2.75, 3.05) is 40.9 Å². The van der Waals surface area contributed by atoms with Crippen LogP contribution in [0.15, 0.2) is 60.8 Å². The summed E-state index contributed by atoms with van der Waals surface area (Å²) < 4.78 is 23.7. The molecule has 0 aliphatic carbocycles. The lowest BCUT2D eigenvalue weighted by Gasteiger charge is -2.26. The average Bonchev–Trinajstić information content (AvgIpc) is 3.19. The van der Waals surface area contributed by atoms with Gasteiger partial charge in [-0.2, -0.15) is 0 Å². The van der Waals surface area contributed by atoms with E-state index >= 15 is 0 Å². The number of carbonyl (C=O) groups excluding carboxylic acids is 1. The van der Waals surface area contributed by atoms with Gasteiger partial charge in [0.25, 0.3) is 0 Å². The first kappa shape index (κ1) is 57.2. The number of amides is 1. The molecule has 3 N–H and O–H groups in total. The molecule has 0 fully saturated rings. The minimum absolute atomic E-state index is 0.0696. The molecule has 0 saturated carbocycles. The van der Waals surface area contributed by atoms with Gasteiger partial charge in [-0.05, 0) is 57.8 Å². The van der Waals surface area contributed by atoms with E-state index in [-0.39, 0.29) is 19.1 Å². The standard InChI is InChI=1S/C50H93N2O6P/c1-6-8-10-12-14-16-18-20-22-23-24-25-26-27-28-29-30-32-34-36-38-40-42-44-50(54)51-48(47-58-59(55,56)57-46-45-52(3,4)5)49(53)43-41-39-37-35-33-31-21-19-17-15-13-11-9-7-2/h8,10,14,16,20,22,24-25,27-28,48-49,53H,6-7,9,11-13,15,17-19,21,23,26,29-47H2,1-5H3,(H-,51,54,55,56)/p+1/b10-8-,16-14-,22-20-,25-24-,28-27-. The van der Waals surface area contributed by atoms with E-state index in [1.807, 2.05) is 21.1 Å². The average molecular weight is 850 g/mol. The van der Waals surface area contributed by atoms with E-state index in [1.165, 1.54) is 96.3 Å². The van der Waals surface area contributed by atoms with Crippen LogP contribution in [0.2, 0.25) is 0 Å². The highest BCUT2D eigenvalue weighted by molar-refractivity contribution is 7.47. The van der Waals surface area contributed by atoms with Gasteiger partial charge in [-0.25, -0.2) is 4.57 Å². The molecule has 344 valence electrons. The van der Waals surface area contributed by atoms with Gasteiger partial charge in [0.2, 0.25) is 5.91 Å². The molecule has 0 aromatic carbocycles. The number of hydrogen-bond acceptors (Lipinski definition) is 5. The first-order valence-electron chi connectivity index (χ1n) is 24.2. The fourth-order valence-electron chi connectivity index (χ4n) is 6.72. The lowest BCUT2D eigenvalue weighted by atomic mass is 10.0. The van der Waals surface area contributed by atoms with Gasteiger partial charge in [0.05, 0.1) is 39.9 Å². The number of unbranched alkanes of at least 4 members (excludes halogenated alkanes) is 20. The van der Waals surface area contributed by atoms with Crippen molar-refractivity contribution in [2.24, 2.45) is 0 Å². The van der Waals surface area contributed by atoms with Crippen molar-refractivity contribution in [1.82, 2.24) is 5.32 Å². The molecule has 1 amide bonds. The Morgan fingerprint density at radius 1 is 0.593 bits per heavy atom. The molecule has 0 heterocycles. The molecule has 0 rings (SSSR count). The van der Waals surface area contributed by atoms with Gasteiger partial charge in [0, 0.05) is 6.42 Å². The summed E-state index contributed by atoms with van der Waals surface area (Å²) in [6.07, 6.45) is 53.9. The van der Waals surface area contributed by atoms with Crippen LogP contribution in [-0.2, 0) is 18.4 Å². The van der Waals surface area contributed by atoms with Crippen molar-refractivity contribution in [2.45, 2.75) is 212 Å². The van der Waals surface area contributed by atoms with Gasteiger partial charge in [-0.1, -0.05) is 197 Å². The number of hydrogen-bond donors (Lipinski definition) is 3. The number of aliphatic hydroxyl groups excluding tert-OH is 1. The molecule has 0 saturated heterocycles. The molecule has 0 radical (unpaired) electrons. The molecular formula is C50H94N2O6P+. The highest BCUT2D eigenvalue weighted by Crippen LogP contribution is 2.43. The topological polar surface area (TPSA) is 105 Å². The number of nitrogens with one attached hydrogen (secondary N) is 1. The van der Waals surface area contributed by atoms with Gasteiger partial charge in [0.1, 0.15) is 13.2 Å². The maximum atomic E-state index is 12.9. The predicted molar refractivity (Wildman–Crippen MR) is 254 cm³/mol. The van der Waals surface area contributed by atoms with Crippen LogP contribution in [0, 0.1) is 0 Å². The third-order valence-electron chi connectivity index (χ3n) is 10.5. The molecule has 59 heavy (non-hydrogen) atoms. The highest BCUT2D eigenvalue weighted by Gasteiger charge is 2.28. The van der Waals surface area contributed by atoms with Gasteiger partial charge < -0.3 is 19.8 Å². The van der Waals surface area contributed by atoms with E-state index in [4.69, 9.17) is 9.05 Å².